The SMILES string of the molecule is CCNC(=NCc1cccc(COCC(F)(F)F)c1)NC1CCN(CCOC)CC1. The maximum Gasteiger partial charge on any atom is 0.411 e. The average Bonchev–Trinajstić information content (AvgIpc) is 2.71. The highest BCUT2D eigenvalue weighted by Crippen LogP contribution is 2.16. The molecular weight excluding hydrogens is 397 g/mol. The van der Waals surface area contributed by atoms with Crippen molar-refractivity contribution in [3.05, 3.63) is 35.4 Å². The molecule has 6 nitrogen and oxygen atoms in total. The molecule has 0 radical (unpaired) electrons. The summed E-state index contributed by atoms with van der Waals surface area (Å²) in [6.07, 6.45) is -2.23. The van der Waals surface area contributed by atoms with Crippen LogP contribution < -0.4 is 10.6 Å². The minimum Gasteiger partial charge on any atom is -0.383 e. The summed E-state index contributed by atoms with van der Waals surface area (Å²) in [4.78, 5) is 7.05. The fraction of sp³-hybridized carbons (Fsp3) is 0.667. The van der Waals surface area contributed by atoms with Gasteiger partial charge in [-0.25, -0.2) is 4.99 Å². The van der Waals surface area contributed by atoms with E-state index in [-0.39, 0.29) is 6.61 Å². The van der Waals surface area contributed by atoms with Crippen molar-refractivity contribution in [2.45, 2.75) is 45.1 Å². The zero-order chi connectivity index (χ0) is 21.8. The van der Waals surface area contributed by atoms with Crippen LogP contribution in [0.25, 0.3) is 0 Å². The Morgan fingerprint density at radius 2 is 1.97 bits per heavy atom. The van der Waals surface area contributed by atoms with E-state index in [0.717, 1.165) is 57.2 Å². The lowest BCUT2D eigenvalue weighted by Gasteiger charge is -2.32. The zero-order valence-corrected chi connectivity index (χ0v) is 17.8. The standard InChI is InChI=1S/C21H33F3N4O2/c1-3-25-20(27-19-7-9-28(10-8-19)11-12-29-2)26-14-17-5-4-6-18(13-17)15-30-16-21(22,23)24/h4-6,13,19H,3,7-12,14-16H2,1-2H3,(H2,25,26,27). The van der Waals surface area contributed by atoms with Gasteiger partial charge in [-0.1, -0.05) is 24.3 Å². The average molecular weight is 431 g/mol. The van der Waals surface area contributed by atoms with Gasteiger partial charge in [0.1, 0.15) is 6.61 Å². The number of likely N-dealkylation sites (tertiary alicyclic amines) is 1. The van der Waals surface area contributed by atoms with Crippen molar-refractivity contribution in [1.82, 2.24) is 15.5 Å². The lowest BCUT2D eigenvalue weighted by molar-refractivity contribution is -0.176. The number of guanidine groups is 1. The van der Waals surface area contributed by atoms with Crippen molar-refractivity contribution in [1.29, 1.82) is 0 Å². The molecule has 1 saturated heterocycles. The molecule has 1 aromatic carbocycles. The number of rotatable bonds is 10. The predicted octanol–water partition coefficient (Wildman–Crippen LogP) is 2.93. The van der Waals surface area contributed by atoms with Crippen molar-refractivity contribution in [3.63, 3.8) is 0 Å². The van der Waals surface area contributed by atoms with E-state index >= 15 is 0 Å². The molecule has 0 bridgehead atoms. The summed E-state index contributed by atoms with van der Waals surface area (Å²) in [6.45, 7) is 5.66. The molecule has 2 rings (SSSR count). The minimum atomic E-state index is -4.31. The quantitative estimate of drug-likeness (QED) is 0.442. The molecule has 0 atom stereocenters. The second-order valence-corrected chi connectivity index (χ2v) is 7.38. The van der Waals surface area contributed by atoms with E-state index in [9.17, 15) is 13.2 Å². The molecule has 1 aliphatic rings. The number of ether oxygens (including phenoxy) is 2. The van der Waals surface area contributed by atoms with Crippen LogP contribution in [0.5, 0.6) is 0 Å². The molecule has 9 heteroatoms. The Bertz CT molecular complexity index is 647. The number of halogens is 3. The first-order valence-electron chi connectivity index (χ1n) is 10.4. The Morgan fingerprint density at radius 1 is 1.23 bits per heavy atom. The summed E-state index contributed by atoms with van der Waals surface area (Å²) in [5.74, 6) is 0.756. The molecule has 0 saturated carbocycles. The number of aliphatic imine (C=N–C) groups is 1. The van der Waals surface area contributed by atoms with Crippen LogP contribution in [0.3, 0.4) is 0 Å². The first-order chi connectivity index (χ1) is 14.4. The minimum absolute atomic E-state index is 0.0724. The van der Waals surface area contributed by atoms with Crippen molar-refractivity contribution >= 4 is 5.96 Å². The number of nitrogens with zero attached hydrogens (tertiary/aromatic N) is 2. The first-order valence-corrected chi connectivity index (χ1v) is 10.4. The molecule has 1 aliphatic heterocycles. The predicted molar refractivity (Wildman–Crippen MR) is 111 cm³/mol. The normalized spacial score (nSPS) is 16.6. The van der Waals surface area contributed by atoms with Crippen molar-refractivity contribution in [2.24, 2.45) is 4.99 Å². The van der Waals surface area contributed by atoms with E-state index in [0.29, 0.717) is 18.2 Å². The third-order valence-electron chi connectivity index (χ3n) is 4.83. The zero-order valence-electron chi connectivity index (χ0n) is 17.8. The Hall–Kier alpha value is -1.84. The van der Waals surface area contributed by atoms with E-state index in [2.05, 4.69) is 20.5 Å². The Labute approximate surface area is 176 Å². The van der Waals surface area contributed by atoms with Crippen LogP contribution in [0.2, 0.25) is 0 Å². The molecule has 0 unspecified atom stereocenters. The fourth-order valence-corrected chi connectivity index (χ4v) is 3.31. The summed E-state index contributed by atoms with van der Waals surface area (Å²) in [7, 11) is 1.72. The third-order valence-corrected chi connectivity index (χ3v) is 4.83. The van der Waals surface area contributed by atoms with Gasteiger partial charge in [0.25, 0.3) is 0 Å². The Balaban J connectivity index is 1.85. The summed E-state index contributed by atoms with van der Waals surface area (Å²) in [6, 6.07) is 7.67. The van der Waals surface area contributed by atoms with Crippen LogP contribution in [-0.4, -0.2) is 69.6 Å². The molecule has 2 N–H and O–H groups in total. The monoisotopic (exact) mass is 430 g/mol. The molecule has 0 aliphatic carbocycles. The molecule has 30 heavy (non-hydrogen) atoms. The Morgan fingerprint density at radius 3 is 2.63 bits per heavy atom. The molecular formula is C21H33F3N4O2. The molecule has 170 valence electrons. The van der Waals surface area contributed by atoms with E-state index in [1.54, 1.807) is 13.2 Å². The van der Waals surface area contributed by atoms with Crippen molar-refractivity contribution in [2.75, 3.05) is 46.5 Å². The van der Waals surface area contributed by atoms with Crippen molar-refractivity contribution in [3.8, 4) is 0 Å². The van der Waals surface area contributed by atoms with E-state index in [4.69, 9.17) is 9.47 Å². The van der Waals surface area contributed by atoms with Gasteiger partial charge in [0.2, 0.25) is 0 Å². The van der Waals surface area contributed by atoms with Crippen LogP contribution in [0.1, 0.15) is 30.9 Å². The molecule has 0 amide bonds. The number of nitrogens with one attached hydrogen (secondary N) is 2. The number of hydrogen-bond acceptors (Lipinski definition) is 4. The lowest BCUT2D eigenvalue weighted by Crippen LogP contribution is -2.49. The topological polar surface area (TPSA) is 58.1 Å². The highest BCUT2D eigenvalue weighted by molar-refractivity contribution is 5.80. The van der Waals surface area contributed by atoms with Gasteiger partial charge in [0.05, 0.1) is 19.8 Å². The van der Waals surface area contributed by atoms with Gasteiger partial charge in [-0.15, -0.1) is 0 Å². The third kappa shape index (κ3) is 9.77. The van der Waals surface area contributed by atoms with E-state index in [1.165, 1.54) is 0 Å². The molecule has 1 heterocycles. The van der Waals surface area contributed by atoms with Gasteiger partial charge in [-0.2, -0.15) is 13.2 Å². The second-order valence-electron chi connectivity index (χ2n) is 7.38. The van der Waals surface area contributed by atoms with Crippen LogP contribution >= 0.6 is 0 Å². The maximum absolute atomic E-state index is 12.2. The van der Waals surface area contributed by atoms with Gasteiger partial charge in [0.15, 0.2) is 5.96 Å². The van der Waals surface area contributed by atoms with E-state index in [1.807, 2.05) is 25.1 Å². The van der Waals surface area contributed by atoms with E-state index < -0.39 is 12.8 Å². The molecule has 1 fully saturated rings. The number of benzene rings is 1. The molecule has 1 aromatic rings. The smallest absolute Gasteiger partial charge is 0.383 e. The summed E-state index contributed by atoms with van der Waals surface area (Å²) in [5, 5.41) is 6.77. The highest BCUT2D eigenvalue weighted by atomic mass is 19.4. The van der Waals surface area contributed by atoms with Crippen molar-refractivity contribution < 1.29 is 22.6 Å². The van der Waals surface area contributed by atoms with Gasteiger partial charge >= 0.3 is 6.18 Å². The van der Waals surface area contributed by atoms with Crippen LogP contribution in [0.15, 0.2) is 29.3 Å². The van der Waals surface area contributed by atoms with Gasteiger partial charge in [-0.05, 0) is 30.9 Å². The largest absolute Gasteiger partial charge is 0.411 e. The highest BCUT2D eigenvalue weighted by Gasteiger charge is 2.27. The van der Waals surface area contributed by atoms with Gasteiger partial charge in [0, 0.05) is 39.3 Å². The summed E-state index contributed by atoms with van der Waals surface area (Å²) >= 11 is 0. The van der Waals surface area contributed by atoms with Crippen LogP contribution in [0, 0.1) is 0 Å². The molecule has 0 aromatic heterocycles. The van der Waals surface area contributed by atoms with Crippen LogP contribution in [-0.2, 0) is 22.6 Å². The molecule has 0 spiro atoms. The number of alkyl halides is 3. The number of hydrogen-bond donors (Lipinski definition) is 2. The number of piperidine rings is 1. The van der Waals surface area contributed by atoms with Gasteiger partial charge in [-0.3, -0.25) is 0 Å². The van der Waals surface area contributed by atoms with Crippen LogP contribution in [0.4, 0.5) is 13.2 Å². The summed E-state index contributed by atoms with van der Waals surface area (Å²) in [5.41, 5.74) is 1.63. The first kappa shape index (κ1) is 24.4. The lowest BCUT2D eigenvalue weighted by atomic mass is 10.1. The fourth-order valence-electron chi connectivity index (χ4n) is 3.31. The van der Waals surface area contributed by atoms with Gasteiger partial charge < -0.3 is 25.0 Å². The second kappa shape index (κ2) is 12.8. The summed E-state index contributed by atoms with van der Waals surface area (Å²) < 4.78 is 46.6. The number of methoxy groups -OCH3 is 1. The maximum atomic E-state index is 12.2. The Kier molecular flexibility index (Phi) is 10.4.